The number of amides is 1. The van der Waals surface area contributed by atoms with Crippen LogP contribution in [0, 0.1) is 0 Å². The van der Waals surface area contributed by atoms with Crippen LogP contribution in [0.5, 0.6) is 0 Å². The lowest BCUT2D eigenvalue weighted by atomic mass is 10.1. The number of aliphatic hydroxyl groups is 1. The summed E-state index contributed by atoms with van der Waals surface area (Å²) in [5, 5.41) is 12.1. The molecule has 2 N–H and O–H groups in total. The predicted molar refractivity (Wildman–Crippen MR) is 87.5 cm³/mol. The van der Waals surface area contributed by atoms with E-state index < -0.39 is 5.97 Å². The average molecular weight is 316 g/mol. The van der Waals surface area contributed by atoms with E-state index in [0.717, 1.165) is 11.1 Å². The molecule has 0 bridgehead atoms. The number of esters is 1. The highest BCUT2D eigenvalue weighted by Gasteiger charge is 2.34. The molecule has 1 aromatic rings. The van der Waals surface area contributed by atoms with E-state index in [1.807, 2.05) is 31.2 Å². The Hall–Kier alpha value is -2.60. The zero-order valence-corrected chi connectivity index (χ0v) is 13.3. The Kier molecular flexibility index (Phi) is 5.18. The van der Waals surface area contributed by atoms with E-state index in [1.165, 1.54) is 12.0 Å². The first-order valence-electron chi connectivity index (χ1n) is 7.23. The maximum atomic E-state index is 12.5. The van der Waals surface area contributed by atoms with E-state index in [2.05, 4.69) is 11.9 Å². The molecule has 0 atom stereocenters. The Balaban J connectivity index is 2.39. The highest BCUT2D eigenvalue weighted by molar-refractivity contribution is 6.08. The number of rotatable bonds is 6. The van der Waals surface area contributed by atoms with Crippen LogP contribution in [-0.2, 0) is 14.3 Å². The van der Waals surface area contributed by atoms with Gasteiger partial charge in [-0.2, -0.15) is 0 Å². The van der Waals surface area contributed by atoms with Crippen LogP contribution >= 0.6 is 0 Å². The number of aliphatic hydroxyl groups excluding tert-OH is 1. The van der Waals surface area contributed by atoms with Crippen molar-refractivity contribution in [2.45, 2.75) is 6.92 Å². The van der Waals surface area contributed by atoms with Gasteiger partial charge in [0.15, 0.2) is 0 Å². The van der Waals surface area contributed by atoms with Gasteiger partial charge in [-0.25, -0.2) is 4.79 Å². The molecule has 23 heavy (non-hydrogen) atoms. The summed E-state index contributed by atoms with van der Waals surface area (Å²) in [6.07, 6.45) is 0. The fourth-order valence-corrected chi connectivity index (χ4v) is 2.45. The normalized spacial score (nSPS) is 14.2. The molecule has 0 fully saturated rings. The fourth-order valence-electron chi connectivity index (χ4n) is 2.45. The van der Waals surface area contributed by atoms with Gasteiger partial charge in [0.1, 0.15) is 5.70 Å². The molecular weight excluding hydrogens is 296 g/mol. The summed E-state index contributed by atoms with van der Waals surface area (Å²) in [6.45, 7) is 5.89. The molecule has 122 valence electrons. The number of nitrogens with one attached hydrogen (secondary N) is 1. The van der Waals surface area contributed by atoms with Gasteiger partial charge in [-0.15, -0.1) is 0 Å². The smallest absolute Gasteiger partial charge is 0.337 e. The number of hydrogen-bond acceptors (Lipinski definition) is 5. The monoisotopic (exact) mass is 316 g/mol. The molecule has 0 aromatic heterocycles. The van der Waals surface area contributed by atoms with Gasteiger partial charge >= 0.3 is 5.97 Å². The molecule has 1 amide bonds. The van der Waals surface area contributed by atoms with Crippen LogP contribution in [0.2, 0.25) is 0 Å². The van der Waals surface area contributed by atoms with Crippen LogP contribution in [0.25, 0.3) is 5.57 Å². The number of allylic oxidation sites excluding steroid dienone is 1. The van der Waals surface area contributed by atoms with Crippen molar-refractivity contribution in [2.75, 3.05) is 32.1 Å². The maximum Gasteiger partial charge on any atom is 0.337 e. The van der Waals surface area contributed by atoms with Gasteiger partial charge in [-0.05, 0) is 18.6 Å². The Bertz CT molecular complexity index is 679. The third kappa shape index (κ3) is 3.43. The minimum absolute atomic E-state index is 0.115. The quantitative estimate of drug-likeness (QED) is 0.776. The second-order valence-electron chi connectivity index (χ2n) is 5.25. The SMILES string of the molecule is C=C(C)c1ccccc1NC1=C(C(=O)OC)CN(CCO)C1=O. The zero-order valence-electron chi connectivity index (χ0n) is 13.3. The molecule has 0 saturated carbocycles. The maximum absolute atomic E-state index is 12.5. The number of methoxy groups -OCH3 is 1. The first-order chi connectivity index (χ1) is 11.0. The molecule has 1 aromatic carbocycles. The second-order valence-corrected chi connectivity index (χ2v) is 5.25. The van der Waals surface area contributed by atoms with Gasteiger partial charge in [0.05, 0.1) is 25.8 Å². The Morgan fingerprint density at radius 3 is 2.74 bits per heavy atom. The highest BCUT2D eigenvalue weighted by Crippen LogP contribution is 2.27. The van der Waals surface area contributed by atoms with E-state index in [4.69, 9.17) is 9.84 Å². The number of carbonyl (C=O) groups is 2. The minimum Gasteiger partial charge on any atom is -0.466 e. The number of carbonyl (C=O) groups excluding carboxylic acids is 2. The van der Waals surface area contributed by atoms with Crippen molar-refractivity contribution in [1.29, 1.82) is 0 Å². The summed E-state index contributed by atoms with van der Waals surface area (Å²) in [4.78, 5) is 25.8. The van der Waals surface area contributed by atoms with Gasteiger partial charge in [-0.1, -0.05) is 24.8 Å². The van der Waals surface area contributed by atoms with E-state index in [0.29, 0.717) is 5.69 Å². The number of hydrogen-bond donors (Lipinski definition) is 2. The number of benzene rings is 1. The predicted octanol–water partition coefficient (Wildman–Crippen LogP) is 1.39. The molecule has 0 saturated heterocycles. The third-order valence-corrected chi connectivity index (χ3v) is 3.60. The number of ether oxygens (including phenoxy) is 1. The number of anilines is 1. The van der Waals surface area contributed by atoms with E-state index in [1.54, 1.807) is 0 Å². The number of nitrogens with zero attached hydrogens (tertiary/aromatic N) is 1. The van der Waals surface area contributed by atoms with Crippen molar-refractivity contribution in [2.24, 2.45) is 0 Å². The standard InChI is InChI=1S/C17H20N2O4/c1-11(2)12-6-4-5-7-14(12)18-15-13(17(22)23-3)10-19(8-9-20)16(15)21/h4-7,18,20H,1,8-10H2,2-3H3. The molecule has 6 heteroatoms. The lowest BCUT2D eigenvalue weighted by molar-refractivity contribution is -0.136. The molecule has 2 rings (SSSR count). The van der Waals surface area contributed by atoms with Crippen LogP contribution in [0.3, 0.4) is 0 Å². The van der Waals surface area contributed by atoms with Crippen molar-refractivity contribution < 1.29 is 19.4 Å². The first-order valence-corrected chi connectivity index (χ1v) is 7.23. The molecule has 0 aliphatic carbocycles. The third-order valence-electron chi connectivity index (χ3n) is 3.60. The lowest BCUT2D eigenvalue weighted by Crippen LogP contribution is -2.31. The van der Waals surface area contributed by atoms with E-state index in [9.17, 15) is 9.59 Å². The molecule has 6 nitrogen and oxygen atoms in total. The first kappa shape index (κ1) is 16.8. The molecule has 1 heterocycles. The largest absolute Gasteiger partial charge is 0.466 e. The van der Waals surface area contributed by atoms with Crippen LogP contribution < -0.4 is 5.32 Å². The zero-order chi connectivity index (χ0) is 17.0. The second kappa shape index (κ2) is 7.11. The summed E-state index contributed by atoms with van der Waals surface area (Å²) >= 11 is 0. The van der Waals surface area contributed by atoms with Crippen LogP contribution in [0.1, 0.15) is 12.5 Å². The van der Waals surface area contributed by atoms with Crippen molar-refractivity contribution in [3.63, 3.8) is 0 Å². The minimum atomic E-state index is -0.561. The summed E-state index contributed by atoms with van der Waals surface area (Å²) in [7, 11) is 1.27. The van der Waals surface area contributed by atoms with Gasteiger partial charge in [0.25, 0.3) is 5.91 Å². The van der Waals surface area contributed by atoms with Crippen molar-refractivity contribution >= 4 is 23.1 Å². The average Bonchev–Trinajstić information content (AvgIpc) is 2.84. The Morgan fingerprint density at radius 2 is 2.13 bits per heavy atom. The van der Waals surface area contributed by atoms with Crippen molar-refractivity contribution in [3.8, 4) is 0 Å². The van der Waals surface area contributed by atoms with Crippen molar-refractivity contribution in [1.82, 2.24) is 4.90 Å². The van der Waals surface area contributed by atoms with E-state index in [-0.39, 0.29) is 36.9 Å². The summed E-state index contributed by atoms with van der Waals surface area (Å²) in [6, 6.07) is 7.40. The van der Waals surface area contributed by atoms with Crippen LogP contribution in [0.15, 0.2) is 42.1 Å². The summed E-state index contributed by atoms with van der Waals surface area (Å²) < 4.78 is 4.76. The van der Waals surface area contributed by atoms with E-state index >= 15 is 0 Å². The van der Waals surface area contributed by atoms with Gasteiger partial charge < -0.3 is 20.1 Å². The van der Waals surface area contributed by atoms with Crippen molar-refractivity contribution in [3.05, 3.63) is 47.7 Å². The van der Waals surface area contributed by atoms with Crippen LogP contribution in [0.4, 0.5) is 5.69 Å². The molecular formula is C17H20N2O4. The fraction of sp³-hybridized carbons (Fsp3) is 0.294. The summed E-state index contributed by atoms with van der Waals surface area (Å²) in [5.41, 5.74) is 2.82. The molecule has 1 aliphatic heterocycles. The summed E-state index contributed by atoms with van der Waals surface area (Å²) in [5.74, 6) is -0.898. The molecule has 0 radical (unpaired) electrons. The number of para-hydroxylation sites is 1. The topological polar surface area (TPSA) is 78.9 Å². The molecule has 0 unspecified atom stereocenters. The Morgan fingerprint density at radius 1 is 1.43 bits per heavy atom. The van der Waals surface area contributed by atoms with Gasteiger partial charge in [0.2, 0.25) is 0 Å². The van der Waals surface area contributed by atoms with Gasteiger partial charge in [0, 0.05) is 17.8 Å². The number of β-amino-alcohol motifs (C(OH)–C–C–N with tert-alkyl or cyclic N) is 1. The lowest BCUT2D eigenvalue weighted by Gasteiger charge is -2.16. The highest BCUT2D eigenvalue weighted by atomic mass is 16.5. The van der Waals surface area contributed by atoms with Gasteiger partial charge in [-0.3, -0.25) is 4.79 Å². The Labute approximate surface area is 135 Å². The molecule has 1 aliphatic rings. The molecule has 0 spiro atoms. The van der Waals surface area contributed by atoms with Crippen LogP contribution in [-0.4, -0.2) is 48.7 Å².